The standard InChI is InChI=1S/C12H17N5O5/c1-16(2)15-14-7-3-4-17(11(20)13-7)10-8-9(19)6(5-18)22-12(8,10)21/h3-4,6,8-10,18-19,21H,5H2,1-2H3/b15-14+/t6-,8?,9?,10+,12?/m1/s1. The molecular formula is C12H17N5O5. The van der Waals surface area contributed by atoms with Gasteiger partial charge in [-0.3, -0.25) is 9.58 Å². The number of hydrogen-bond acceptors (Lipinski definition) is 8. The van der Waals surface area contributed by atoms with Gasteiger partial charge in [0, 0.05) is 26.4 Å². The van der Waals surface area contributed by atoms with Crippen LogP contribution in [0.15, 0.2) is 27.4 Å². The molecule has 2 aliphatic rings. The third-order valence-corrected chi connectivity index (χ3v) is 3.84. The number of ether oxygens (including phenoxy) is 1. The summed E-state index contributed by atoms with van der Waals surface area (Å²) in [5, 5.41) is 38.3. The van der Waals surface area contributed by atoms with Crippen molar-refractivity contribution in [1.82, 2.24) is 14.6 Å². The van der Waals surface area contributed by atoms with Crippen LogP contribution in [-0.4, -0.2) is 68.6 Å². The van der Waals surface area contributed by atoms with Crippen LogP contribution < -0.4 is 5.69 Å². The predicted molar refractivity (Wildman–Crippen MR) is 72.1 cm³/mol. The maximum Gasteiger partial charge on any atom is 0.350 e. The second kappa shape index (κ2) is 5.09. The van der Waals surface area contributed by atoms with Gasteiger partial charge in [-0.1, -0.05) is 5.22 Å². The smallest absolute Gasteiger partial charge is 0.350 e. The Morgan fingerprint density at radius 3 is 2.77 bits per heavy atom. The van der Waals surface area contributed by atoms with E-state index in [1.165, 1.54) is 21.8 Å². The third kappa shape index (κ3) is 2.20. The van der Waals surface area contributed by atoms with Gasteiger partial charge in [-0.05, 0) is 0 Å². The van der Waals surface area contributed by atoms with Gasteiger partial charge in [-0.15, -0.1) is 5.11 Å². The number of aliphatic hydroxyl groups excluding tert-OH is 2. The molecule has 0 amide bonds. The van der Waals surface area contributed by atoms with E-state index in [1.807, 2.05) is 0 Å². The summed E-state index contributed by atoms with van der Waals surface area (Å²) in [5.74, 6) is -2.17. The van der Waals surface area contributed by atoms with Crippen molar-refractivity contribution in [2.24, 2.45) is 16.3 Å². The number of aromatic nitrogens is 2. The zero-order valence-corrected chi connectivity index (χ0v) is 12.1. The highest BCUT2D eigenvalue weighted by molar-refractivity contribution is 5.25. The molecule has 10 nitrogen and oxygen atoms in total. The topological polar surface area (TPSA) is 133 Å². The molecule has 1 aromatic heterocycles. The van der Waals surface area contributed by atoms with Crippen LogP contribution in [0.5, 0.6) is 0 Å². The lowest BCUT2D eigenvalue weighted by Crippen LogP contribution is -2.35. The monoisotopic (exact) mass is 311 g/mol. The summed E-state index contributed by atoms with van der Waals surface area (Å²) in [6.45, 7) is -0.399. The Kier molecular flexibility index (Phi) is 3.48. The summed E-state index contributed by atoms with van der Waals surface area (Å²) >= 11 is 0. The first-order chi connectivity index (χ1) is 10.4. The van der Waals surface area contributed by atoms with Gasteiger partial charge in [0.25, 0.3) is 0 Å². The zero-order valence-electron chi connectivity index (χ0n) is 12.1. The highest BCUT2D eigenvalue weighted by Gasteiger charge is 2.76. The van der Waals surface area contributed by atoms with Gasteiger partial charge in [-0.2, -0.15) is 4.98 Å². The molecular weight excluding hydrogens is 294 g/mol. The van der Waals surface area contributed by atoms with Gasteiger partial charge in [0.15, 0.2) is 11.6 Å². The van der Waals surface area contributed by atoms with Crippen molar-refractivity contribution in [3.05, 3.63) is 22.7 Å². The molecule has 22 heavy (non-hydrogen) atoms. The lowest BCUT2D eigenvalue weighted by molar-refractivity contribution is -0.163. The van der Waals surface area contributed by atoms with Crippen molar-refractivity contribution in [2.45, 2.75) is 24.0 Å². The van der Waals surface area contributed by atoms with Crippen LogP contribution in [0.2, 0.25) is 0 Å². The van der Waals surface area contributed by atoms with Crippen molar-refractivity contribution in [2.75, 3.05) is 20.7 Å². The van der Waals surface area contributed by atoms with E-state index in [9.17, 15) is 15.0 Å². The molecule has 0 aromatic carbocycles. The van der Waals surface area contributed by atoms with E-state index in [1.54, 1.807) is 14.1 Å². The lowest BCUT2D eigenvalue weighted by Gasteiger charge is -2.19. The Morgan fingerprint density at radius 2 is 2.27 bits per heavy atom. The number of fused-ring (bicyclic) bond motifs is 1. The fourth-order valence-corrected chi connectivity index (χ4v) is 2.81. The van der Waals surface area contributed by atoms with Crippen LogP contribution in [0.1, 0.15) is 6.04 Å². The minimum Gasteiger partial charge on any atom is -0.394 e. The number of nitrogens with zero attached hydrogens (tertiary/aromatic N) is 5. The fourth-order valence-electron chi connectivity index (χ4n) is 2.81. The van der Waals surface area contributed by atoms with Crippen LogP contribution in [0, 0.1) is 5.92 Å². The fraction of sp³-hybridized carbons (Fsp3) is 0.667. The maximum absolute atomic E-state index is 12.0. The van der Waals surface area contributed by atoms with E-state index >= 15 is 0 Å². The van der Waals surface area contributed by atoms with Gasteiger partial charge >= 0.3 is 5.69 Å². The molecule has 0 bridgehead atoms. The molecule has 2 heterocycles. The molecule has 1 aromatic rings. The molecule has 1 saturated heterocycles. The van der Waals surface area contributed by atoms with E-state index < -0.39 is 42.3 Å². The van der Waals surface area contributed by atoms with Crippen molar-refractivity contribution < 1.29 is 20.1 Å². The second-order valence-corrected chi connectivity index (χ2v) is 5.56. The first-order valence-electron chi connectivity index (χ1n) is 6.75. The Hall–Kier alpha value is -1.88. The molecule has 1 aliphatic carbocycles. The number of hydrogen-bond donors (Lipinski definition) is 3. The molecule has 2 fully saturated rings. The molecule has 0 spiro atoms. The van der Waals surface area contributed by atoms with Gasteiger partial charge in [0.1, 0.15) is 12.1 Å². The summed E-state index contributed by atoms with van der Waals surface area (Å²) < 4.78 is 6.43. The molecule has 0 radical (unpaired) electrons. The Bertz CT molecular complexity index is 662. The van der Waals surface area contributed by atoms with E-state index in [-0.39, 0.29) is 5.82 Å². The number of aliphatic hydroxyl groups is 3. The van der Waals surface area contributed by atoms with E-state index in [2.05, 4.69) is 15.3 Å². The Labute approximate surface area is 125 Å². The van der Waals surface area contributed by atoms with Crippen molar-refractivity contribution >= 4 is 5.82 Å². The normalized spacial score (nSPS) is 36.6. The first-order valence-corrected chi connectivity index (χ1v) is 6.75. The van der Waals surface area contributed by atoms with Crippen LogP contribution in [0.3, 0.4) is 0 Å². The molecule has 3 N–H and O–H groups in total. The van der Waals surface area contributed by atoms with E-state index in [4.69, 9.17) is 9.84 Å². The Balaban J connectivity index is 1.82. The van der Waals surface area contributed by atoms with Crippen molar-refractivity contribution in [1.29, 1.82) is 0 Å². The highest BCUT2D eigenvalue weighted by Crippen LogP contribution is 2.62. The summed E-state index contributed by atoms with van der Waals surface area (Å²) in [4.78, 5) is 15.8. The van der Waals surface area contributed by atoms with Gasteiger partial charge in [0.05, 0.1) is 18.6 Å². The van der Waals surface area contributed by atoms with Crippen LogP contribution in [0.4, 0.5) is 5.82 Å². The summed E-state index contributed by atoms with van der Waals surface area (Å²) in [7, 11) is 3.36. The van der Waals surface area contributed by atoms with Gasteiger partial charge < -0.3 is 20.1 Å². The molecule has 3 unspecified atom stereocenters. The highest BCUT2D eigenvalue weighted by atomic mass is 16.7. The SMILES string of the molecule is CN(C)/N=N/c1ccn([C@H]2C3C(O)[C@@H](CO)OC32O)c(=O)n1. The molecule has 5 atom stereocenters. The lowest BCUT2D eigenvalue weighted by atomic mass is 10.1. The van der Waals surface area contributed by atoms with Crippen LogP contribution in [0.25, 0.3) is 0 Å². The van der Waals surface area contributed by atoms with Crippen molar-refractivity contribution in [3.8, 4) is 0 Å². The predicted octanol–water partition coefficient (Wildman–Crippen LogP) is -1.58. The second-order valence-electron chi connectivity index (χ2n) is 5.56. The van der Waals surface area contributed by atoms with Gasteiger partial charge in [-0.25, -0.2) is 4.79 Å². The minimum atomic E-state index is -1.65. The van der Waals surface area contributed by atoms with Gasteiger partial charge in [0.2, 0.25) is 0 Å². The summed E-state index contributed by atoms with van der Waals surface area (Å²) in [6, 6.07) is 0.743. The molecule has 3 rings (SSSR count). The average Bonchev–Trinajstić information content (AvgIpc) is 2.97. The zero-order chi connectivity index (χ0) is 16.1. The summed E-state index contributed by atoms with van der Waals surface area (Å²) in [6.07, 6.45) is -0.465. The maximum atomic E-state index is 12.0. The largest absolute Gasteiger partial charge is 0.394 e. The molecule has 1 saturated carbocycles. The third-order valence-electron chi connectivity index (χ3n) is 3.84. The summed E-state index contributed by atoms with van der Waals surface area (Å²) in [5.41, 5.74) is -0.626. The Morgan fingerprint density at radius 1 is 1.55 bits per heavy atom. The quantitative estimate of drug-likeness (QED) is 0.451. The molecule has 10 heteroatoms. The number of rotatable bonds is 4. The van der Waals surface area contributed by atoms with Crippen LogP contribution >= 0.6 is 0 Å². The molecule has 1 aliphatic heterocycles. The van der Waals surface area contributed by atoms with E-state index in [0.29, 0.717) is 0 Å². The molecule has 120 valence electrons. The van der Waals surface area contributed by atoms with Crippen molar-refractivity contribution in [3.63, 3.8) is 0 Å². The minimum absolute atomic E-state index is 0.141. The average molecular weight is 311 g/mol. The first kappa shape index (κ1) is 15.0. The van der Waals surface area contributed by atoms with E-state index in [0.717, 1.165) is 0 Å². The van der Waals surface area contributed by atoms with Crippen LogP contribution in [-0.2, 0) is 4.74 Å².